The predicted molar refractivity (Wildman–Crippen MR) is 54.2 cm³/mol. The zero-order chi connectivity index (χ0) is 8.67. The lowest BCUT2D eigenvalue weighted by Gasteiger charge is -2.20. The maximum atomic E-state index is 5.77. The van der Waals surface area contributed by atoms with Crippen molar-refractivity contribution in [1.29, 1.82) is 0 Å². The Morgan fingerprint density at radius 3 is 3.08 bits per heavy atom. The van der Waals surface area contributed by atoms with Gasteiger partial charge in [-0.1, -0.05) is 11.8 Å². The van der Waals surface area contributed by atoms with Gasteiger partial charge in [0, 0.05) is 5.75 Å². The summed E-state index contributed by atoms with van der Waals surface area (Å²) in [7, 11) is 0. The summed E-state index contributed by atoms with van der Waals surface area (Å²) in [4.78, 5) is 4.40. The van der Waals surface area contributed by atoms with Gasteiger partial charge in [-0.15, -0.1) is 0 Å². The minimum absolute atomic E-state index is 0.467. The molecule has 0 spiro atoms. The molecule has 3 atom stereocenters. The van der Waals surface area contributed by atoms with Crippen molar-refractivity contribution in [2.24, 2.45) is 4.99 Å². The third-order valence-corrected chi connectivity index (χ3v) is 3.91. The highest BCUT2D eigenvalue weighted by Crippen LogP contribution is 2.34. The highest BCUT2D eigenvalue weighted by Gasteiger charge is 2.41. The first kappa shape index (κ1) is 8.12. The van der Waals surface area contributed by atoms with E-state index in [0.29, 0.717) is 18.2 Å². The molecule has 2 bridgehead atoms. The molecule has 0 amide bonds. The fourth-order valence-electron chi connectivity index (χ4n) is 2.37. The third kappa shape index (κ3) is 1.46. The lowest BCUT2D eigenvalue weighted by molar-refractivity contribution is 0.0994. The summed E-state index contributed by atoms with van der Waals surface area (Å²) in [5.74, 6) is 1.14. The Labute approximate surface area is 82.3 Å². The van der Waals surface area contributed by atoms with Gasteiger partial charge in [-0.25, -0.2) is 0 Å². The summed E-state index contributed by atoms with van der Waals surface area (Å²) < 4.78 is 5.77. The molecule has 2 saturated heterocycles. The Balaban J connectivity index is 1.61. The molecular weight excluding hydrogens is 184 g/mol. The first-order valence-corrected chi connectivity index (χ1v) is 5.99. The number of hydrogen-bond donors (Lipinski definition) is 1. The second-order valence-electron chi connectivity index (χ2n) is 3.90. The molecule has 13 heavy (non-hydrogen) atoms. The van der Waals surface area contributed by atoms with Gasteiger partial charge in [0.15, 0.2) is 5.17 Å². The van der Waals surface area contributed by atoms with Crippen LogP contribution in [0.2, 0.25) is 0 Å². The van der Waals surface area contributed by atoms with E-state index < -0.39 is 0 Å². The molecule has 0 saturated carbocycles. The van der Waals surface area contributed by atoms with Crippen molar-refractivity contribution in [1.82, 2.24) is 5.32 Å². The van der Waals surface area contributed by atoms with E-state index in [1.807, 2.05) is 11.8 Å². The summed E-state index contributed by atoms with van der Waals surface area (Å²) in [5.41, 5.74) is 0. The maximum absolute atomic E-state index is 5.77. The van der Waals surface area contributed by atoms with E-state index in [0.717, 1.165) is 17.5 Å². The fourth-order valence-corrected chi connectivity index (χ4v) is 3.16. The van der Waals surface area contributed by atoms with Gasteiger partial charge in [0.05, 0.1) is 24.8 Å². The number of hydrogen-bond acceptors (Lipinski definition) is 4. The topological polar surface area (TPSA) is 33.6 Å². The molecule has 3 aliphatic rings. The molecule has 3 heterocycles. The molecule has 3 nitrogen and oxygen atoms in total. The van der Waals surface area contributed by atoms with Gasteiger partial charge in [0.25, 0.3) is 0 Å². The average molecular weight is 198 g/mol. The van der Waals surface area contributed by atoms with Gasteiger partial charge in [-0.2, -0.15) is 0 Å². The number of nitrogens with one attached hydrogen (secondary N) is 1. The molecular formula is C9H14N2OS. The van der Waals surface area contributed by atoms with Crippen LogP contribution in [0.25, 0.3) is 0 Å². The number of rotatable bonds is 1. The molecule has 3 unspecified atom stereocenters. The van der Waals surface area contributed by atoms with Crippen LogP contribution in [-0.4, -0.2) is 35.7 Å². The first-order chi connectivity index (χ1) is 6.42. The van der Waals surface area contributed by atoms with E-state index in [9.17, 15) is 0 Å². The van der Waals surface area contributed by atoms with Crippen LogP contribution in [0.1, 0.15) is 19.3 Å². The van der Waals surface area contributed by atoms with Crippen LogP contribution < -0.4 is 5.32 Å². The zero-order valence-corrected chi connectivity index (χ0v) is 8.35. The van der Waals surface area contributed by atoms with E-state index in [-0.39, 0.29) is 0 Å². The van der Waals surface area contributed by atoms with Crippen molar-refractivity contribution in [2.75, 3.05) is 12.3 Å². The van der Waals surface area contributed by atoms with E-state index in [1.165, 1.54) is 19.3 Å². The summed E-state index contributed by atoms with van der Waals surface area (Å²) in [5, 5.41) is 4.64. The lowest BCUT2D eigenvalue weighted by atomic mass is 9.96. The summed E-state index contributed by atoms with van der Waals surface area (Å²) in [6.07, 6.45) is 4.69. The average Bonchev–Trinajstić information content (AvgIpc) is 2.77. The zero-order valence-electron chi connectivity index (χ0n) is 7.53. The van der Waals surface area contributed by atoms with Crippen LogP contribution in [0.3, 0.4) is 0 Å². The van der Waals surface area contributed by atoms with Crippen molar-refractivity contribution in [2.45, 2.75) is 37.5 Å². The highest BCUT2D eigenvalue weighted by atomic mass is 32.2. The molecule has 3 rings (SSSR count). The van der Waals surface area contributed by atoms with Gasteiger partial charge in [0.1, 0.15) is 0 Å². The Hall–Kier alpha value is -0.220. The monoisotopic (exact) mass is 198 g/mol. The Morgan fingerprint density at radius 1 is 1.46 bits per heavy atom. The molecule has 1 N–H and O–H groups in total. The second-order valence-corrected chi connectivity index (χ2v) is 4.98. The van der Waals surface area contributed by atoms with Crippen molar-refractivity contribution < 1.29 is 4.74 Å². The molecule has 0 aromatic carbocycles. The number of fused-ring (bicyclic) bond motifs is 2. The van der Waals surface area contributed by atoms with E-state index >= 15 is 0 Å². The number of nitrogens with zero attached hydrogens (tertiary/aromatic N) is 1. The third-order valence-electron chi connectivity index (χ3n) is 3.00. The minimum atomic E-state index is 0.467. The van der Waals surface area contributed by atoms with Crippen molar-refractivity contribution >= 4 is 16.9 Å². The second kappa shape index (κ2) is 3.17. The Morgan fingerprint density at radius 2 is 2.46 bits per heavy atom. The number of ether oxygens (including phenoxy) is 1. The Bertz CT molecular complexity index is 244. The molecule has 0 aliphatic carbocycles. The Kier molecular flexibility index (Phi) is 1.98. The van der Waals surface area contributed by atoms with Crippen LogP contribution in [0.5, 0.6) is 0 Å². The van der Waals surface area contributed by atoms with E-state index in [1.54, 1.807) is 0 Å². The van der Waals surface area contributed by atoms with E-state index in [4.69, 9.17) is 4.74 Å². The quantitative estimate of drug-likeness (QED) is 0.682. The van der Waals surface area contributed by atoms with Crippen LogP contribution in [-0.2, 0) is 4.74 Å². The lowest BCUT2D eigenvalue weighted by Crippen LogP contribution is -2.39. The standard InChI is InChI=1S/C9H14N2OS/c1-2-8-7(5-6(1)12-8)11-9-10-3-4-13-9/h6-8H,1-5H2,(H,10,11). The summed E-state index contributed by atoms with van der Waals surface area (Å²) >= 11 is 1.84. The molecule has 0 radical (unpaired) electrons. The van der Waals surface area contributed by atoms with Crippen molar-refractivity contribution in [3.8, 4) is 0 Å². The summed E-state index contributed by atoms with van der Waals surface area (Å²) in [6, 6.07) is 0.545. The fraction of sp³-hybridized carbons (Fsp3) is 0.889. The van der Waals surface area contributed by atoms with Gasteiger partial charge < -0.3 is 10.1 Å². The highest BCUT2D eigenvalue weighted by molar-refractivity contribution is 8.14. The van der Waals surface area contributed by atoms with Crippen LogP contribution in [0.4, 0.5) is 0 Å². The smallest absolute Gasteiger partial charge is 0.156 e. The van der Waals surface area contributed by atoms with Crippen LogP contribution in [0, 0.1) is 0 Å². The molecule has 0 aromatic rings. The molecule has 3 aliphatic heterocycles. The van der Waals surface area contributed by atoms with Gasteiger partial charge in [-0.05, 0) is 19.3 Å². The molecule has 72 valence electrons. The number of thioether (sulfide) groups is 1. The predicted octanol–water partition coefficient (Wildman–Crippen LogP) is 0.999. The van der Waals surface area contributed by atoms with Gasteiger partial charge in [-0.3, -0.25) is 4.99 Å². The molecule has 4 heteroatoms. The number of amidine groups is 1. The SMILES string of the molecule is C1CSC(NC2CC3CCC2O3)=N1. The van der Waals surface area contributed by atoms with Crippen molar-refractivity contribution in [3.63, 3.8) is 0 Å². The summed E-state index contributed by atoms with van der Waals surface area (Å²) in [6.45, 7) is 0.981. The van der Waals surface area contributed by atoms with E-state index in [2.05, 4.69) is 10.3 Å². The molecule has 2 fully saturated rings. The van der Waals surface area contributed by atoms with Gasteiger partial charge in [0.2, 0.25) is 0 Å². The van der Waals surface area contributed by atoms with Gasteiger partial charge >= 0.3 is 0 Å². The minimum Gasteiger partial charge on any atom is -0.373 e. The van der Waals surface area contributed by atoms with Crippen molar-refractivity contribution in [3.05, 3.63) is 0 Å². The van der Waals surface area contributed by atoms with Crippen LogP contribution >= 0.6 is 11.8 Å². The van der Waals surface area contributed by atoms with Crippen LogP contribution in [0.15, 0.2) is 4.99 Å². The first-order valence-electron chi connectivity index (χ1n) is 5.01. The molecule has 0 aromatic heterocycles. The largest absolute Gasteiger partial charge is 0.373 e. The number of aliphatic imine (C=N–C) groups is 1. The normalized spacial score (nSPS) is 42.5. The maximum Gasteiger partial charge on any atom is 0.156 e.